The van der Waals surface area contributed by atoms with Gasteiger partial charge in [-0.25, -0.2) is 0 Å². The third-order valence-electron chi connectivity index (χ3n) is 2.56. The van der Waals surface area contributed by atoms with Gasteiger partial charge in [0.25, 0.3) is 0 Å². The molecule has 88 valence electrons. The first-order valence-electron chi connectivity index (χ1n) is 5.40. The molecule has 0 saturated carbocycles. The van der Waals surface area contributed by atoms with Crippen LogP contribution in [0.25, 0.3) is 0 Å². The highest BCUT2D eigenvalue weighted by Crippen LogP contribution is 2.15. The highest BCUT2D eigenvalue weighted by atomic mass is 16.6. The van der Waals surface area contributed by atoms with Crippen LogP contribution in [0.4, 0.5) is 5.69 Å². The molecule has 1 aromatic rings. The Morgan fingerprint density at radius 2 is 2.06 bits per heavy atom. The lowest BCUT2D eigenvalue weighted by Gasteiger charge is -2.11. The lowest BCUT2D eigenvalue weighted by molar-refractivity contribution is -0.387. The summed E-state index contributed by atoms with van der Waals surface area (Å²) < 4.78 is 1.48. The van der Waals surface area contributed by atoms with Crippen LogP contribution in [0.1, 0.15) is 31.5 Å². The van der Waals surface area contributed by atoms with Gasteiger partial charge in [0.1, 0.15) is 0 Å². The molecule has 5 heteroatoms. The van der Waals surface area contributed by atoms with Gasteiger partial charge in [-0.05, 0) is 26.3 Å². The molecule has 0 amide bonds. The fraction of sp³-hybridized carbons (Fsp3) is 0.545. The van der Waals surface area contributed by atoms with Crippen molar-refractivity contribution in [2.75, 3.05) is 0 Å². The predicted molar refractivity (Wildman–Crippen MR) is 61.8 cm³/mol. The van der Waals surface area contributed by atoms with Crippen molar-refractivity contribution in [3.8, 4) is 0 Å². The highest BCUT2D eigenvalue weighted by molar-refractivity contribution is 5.38. The summed E-state index contributed by atoms with van der Waals surface area (Å²) in [5, 5.41) is 10.8. The Morgan fingerprint density at radius 3 is 2.50 bits per heavy atom. The number of nitrogens with zero attached hydrogens (tertiary/aromatic N) is 2. The monoisotopic (exact) mass is 224 g/mol. The maximum absolute atomic E-state index is 11.9. The van der Waals surface area contributed by atoms with Crippen LogP contribution < -0.4 is 5.56 Å². The third kappa shape index (κ3) is 2.13. The summed E-state index contributed by atoms with van der Waals surface area (Å²) in [5.41, 5.74) is 0.527. The minimum absolute atomic E-state index is 0.304. The smallest absolute Gasteiger partial charge is 0.307 e. The van der Waals surface area contributed by atoms with Crippen LogP contribution in [-0.4, -0.2) is 9.49 Å². The fourth-order valence-electron chi connectivity index (χ4n) is 1.86. The van der Waals surface area contributed by atoms with E-state index in [-0.39, 0.29) is 5.69 Å². The largest absolute Gasteiger partial charge is 0.336 e. The van der Waals surface area contributed by atoms with Crippen LogP contribution in [0.15, 0.2) is 10.9 Å². The van der Waals surface area contributed by atoms with Crippen LogP contribution in [-0.2, 0) is 13.0 Å². The lowest BCUT2D eigenvalue weighted by Crippen LogP contribution is -2.26. The Balaban J connectivity index is 3.50. The molecular weight excluding hydrogens is 208 g/mol. The van der Waals surface area contributed by atoms with Gasteiger partial charge in [0, 0.05) is 17.8 Å². The van der Waals surface area contributed by atoms with Crippen LogP contribution >= 0.6 is 0 Å². The predicted octanol–water partition coefficient (Wildman–Crippen LogP) is 2.04. The molecule has 5 nitrogen and oxygen atoms in total. The molecule has 0 aliphatic heterocycles. The Morgan fingerprint density at radius 1 is 1.44 bits per heavy atom. The van der Waals surface area contributed by atoms with E-state index in [1.807, 2.05) is 13.8 Å². The van der Waals surface area contributed by atoms with Crippen molar-refractivity contribution in [3.63, 3.8) is 0 Å². The van der Waals surface area contributed by atoms with E-state index in [0.717, 1.165) is 18.5 Å². The highest BCUT2D eigenvalue weighted by Gasteiger charge is 2.20. The van der Waals surface area contributed by atoms with E-state index in [1.54, 1.807) is 13.0 Å². The summed E-state index contributed by atoms with van der Waals surface area (Å²) in [4.78, 5) is 22.1. The summed E-state index contributed by atoms with van der Waals surface area (Å²) >= 11 is 0. The quantitative estimate of drug-likeness (QED) is 0.580. The number of hydrogen-bond acceptors (Lipinski definition) is 3. The van der Waals surface area contributed by atoms with E-state index in [4.69, 9.17) is 0 Å². The second-order valence-electron chi connectivity index (χ2n) is 3.72. The van der Waals surface area contributed by atoms with E-state index in [0.29, 0.717) is 12.1 Å². The molecule has 16 heavy (non-hydrogen) atoms. The molecule has 0 unspecified atom stereocenters. The van der Waals surface area contributed by atoms with Crippen LogP contribution in [0.5, 0.6) is 0 Å². The standard InChI is InChI=1S/C11H16N2O3/c1-4-6-9-7-8(3)10(13(15)16)11(14)12(9)5-2/h7H,4-6H2,1-3H3. The Hall–Kier alpha value is -1.65. The molecule has 0 fully saturated rings. The molecule has 1 rings (SSSR count). The zero-order valence-electron chi connectivity index (χ0n) is 9.82. The van der Waals surface area contributed by atoms with Crippen molar-refractivity contribution in [1.82, 2.24) is 4.57 Å². The summed E-state index contributed by atoms with van der Waals surface area (Å²) in [6, 6.07) is 1.74. The molecule has 0 radical (unpaired) electrons. The first kappa shape index (κ1) is 12.4. The number of pyridine rings is 1. The van der Waals surface area contributed by atoms with Gasteiger partial charge in [0.2, 0.25) is 0 Å². The van der Waals surface area contributed by atoms with Gasteiger partial charge >= 0.3 is 11.2 Å². The van der Waals surface area contributed by atoms with E-state index in [2.05, 4.69) is 0 Å². The van der Waals surface area contributed by atoms with E-state index in [9.17, 15) is 14.9 Å². The van der Waals surface area contributed by atoms with Crippen molar-refractivity contribution in [3.05, 3.63) is 37.8 Å². The second kappa shape index (κ2) is 4.92. The first-order chi connectivity index (χ1) is 7.52. The molecule has 0 bridgehead atoms. The normalized spacial score (nSPS) is 10.4. The molecule has 0 atom stereocenters. The van der Waals surface area contributed by atoms with Crippen molar-refractivity contribution in [2.24, 2.45) is 0 Å². The van der Waals surface area contributed by atoms with Gasteiger partial charge in [-0.1, -0.05) is 13.3 Å². The van der Waals surface area contributed by atoms with Crippen LogP contribution in [0.2, 0.25) is 0 Å². The summed E-state index contributed by atoms with van der Waals surface area (Å²) in [6.07, 6.45) is 1.68. The van der Waals surface area contributed by atoms with Crippen LogP contribution in [0, 0.1) is 17.0 Å². The number of aryl methyl sites for hydroxylation is 2. The van der Waals surface area contributed by atoms with Gasteiger partial charge in [0.15, 0.2) is 0 Å². The van der Waals surface area contributed by atoms with Crippen molar-refractivity contribution in [1.29, 1.82) is 0 Å². The van der Waals surface area contributed by atoms with Gasteiger partial charge in [-0.2, -0.15) is 0 Å². The first-order valence-corrected chi connectivity index (χ1v) is 5.40. The summed E-state index contributed by atoms with van der Waals surface area (Å²) in [5.74, 6) is 0. The fourth-order valence-corrected chi connectivity index (χ4v) is 1.86. The maximum atomic E-state index is 11.9. The average molecular weight is 224 g/mol. The van der Waals surface area contributed by atoms with E-state index < -0.39 is 10.5 Å². The SMILES string of the molecule is CCCc1cc(C)c([N+](=O)[O-])c(=O)n1CC. The number of rotatable bonds is 4. The van der Waals surface area contributed by atoms with Gasteiger partial charge in [-0.3, -0.25) is 14.9 Å². The molecule has 1 heterocycles. The molecule has 0 spiro atoms. The minimum Gasteiger partial charge on any atom is -0.307 e. The topological polar surface area (TPSA) is 65.1 Å². The minimum atomic E-state index is -0.598. The van der Waals surface area contributed by atoms with E-state index in [1.165, 1.54) is 4.57 Å². The molecule has 1 aromatic heterocycles. The van der Waals surface area contributed by atoms with E-state index >= 15 is 0 Å². The number of nitro groups is 1. The Bertz CT molecular complexity index is 463. The van der Waals surface area contributed by atoms with Gasteiger partial charge < -0.3 is 4.57 Å². The number of aromatic nitrogens is 1. The summed E-state index contributed by atoms with van der Waals surface area (Å²) in [6.45, 7) is 5.91. The molecule has 0 aliphatic carbocycles. The average Bonchev–Trinajstić information content (AvgIpc) is 2.17. The maximum Gasteiger partial charge on any atom is 0.336 e. The second-order valence-corrected chi connectivity index (χ2v) is 3.72. The third-order valence-corrected chi connectivity index (χ3v) is 2.56. The van der Waals surface area contributed by atoms with Crippen molar-refractivity contribution < 1.29 is 4.92 Å². The number of hydrogen-bond donors (Lipinski definition) is 0. The zero-order valence-corrected chi connectivity index (χ0v) is 9.82. The van der Waals surface area contributed by atoms with Crippen LogP contribution in [0.3, 0.4) is 0 Å². The lowest BCUT2D eigenvalue weighted by atomic mass is 10.1. The van der Waals surface area contributed by atoms with Crippen molar-refractivity contribution in [2.45, 2.75) is 40.2 Å². The Kier molecular flexibility index (Phi) is 3.82. The van der Waals surface area contributed by atoms with Gasteiger partial charge in [0.05, 0.1) is 4.92 Å². The van der Waals surface area contributed by atoms with Crippen molar-refractivity contribution >= 4 is 5.69 Å². The Labute approximate surface area is 93.9 Å². The molecule has 0 saturated heterocycles. The summed E-state index contributed by atoms with van der Waals surface area (Å²) in [7, 11) is 0. The molecule has 0 N–H and O–H groups in total. The molecule has 0 aromatic carbocycles. The van der Waals surface area contributed by atoms with Gasteiger partial charge in [-0.15, -0.1) is 0 Å². The zero-order chi connectivity index (χ0) is 12.3. The molecular formula is C11H16N2O3. The molecule has 0 aliphatic rings.